The highest BCUT2D eigenvalue weighted by Gasteiger charge is 2.30. The third-order valence-electron chi connectivity index (χ3n) is 3.87. The molecular weight excluding hydrogens is 251 g/mol. The standard InChI is InChI=1S/C13H22P.C4H9O/c1-4-14(5-2,6-3)12-13-10-8-7-9-11-13;1-2-3-4-5/h7-11H,4-6,12H2,1-3H3;2-4H2,1H3/q+1;-1. The van der Waals surface area contributed by atoms with Gasteiger partial charge < -0.3 is 5.11 Å². The van der Waals surface area contributed by atoms with Crippen molar-refractivity contribution in [2.45, 2.75) is 46.7 Å². The summed E-state index contributed by atoms with van der Waals surface area (Å²) in [6.07, 6.45) is 7.40. The Bertz CT molecular complexity index is 283. The molecule has 0 radical (unpaired) electrons. The lowest BCUT2D eigenvalue weighted by molar-refractivity contribution is -0.368. The minimum atomic E-state index is -0.661. The Morgan fingerprint density at radius 3 is 1.74 bits per heavy atom. The van der Waals surface area contributed by atoms with Gasteiger partial charge in [-0.25, -0.2) is 0 Å². The van der Waals surface area contributed by atoms with Crippen molar-refractivity contribution in [3.8, 4) is 0 Å². The number of unbranched alkanes of at least 4 members (excludes halogenated alkanes) is 1. The van der Waals surface area contributed by atoms with Crippen LogP contribution >= 0.6 is 7.26 Å². The van der Waals surface area contributed by atoms with Crippen LogP contribution in [0.15, 0.2) is 30.3 Å². The summed E-state index contributed by atoms with van der Waals surface area (Å²) in [5.41, 5.74) is 1.53. The van der Waals surface area contributed by atoms with Crippen LogP contribution in [0.3, 0.4) is 0 Å². The maximum atomic E-state index is 9.53. The van der Waals surface area contributed by atoms with E-state index in [1.54, 1.807) is 0 Å². The third-order valence-corrected chi connectivity index (χ3v) is 8.93. The zero-order valence-electron chi connectivity index (χ0n) is 13.2. The number of hydrogen-bond acceptors (Lipinski definition) is 1. The van der Waals surface area contributed by atoms with Gasteiger partial charge in [0.25, 0.3) is 0 Å². The molecule has 19 heavy (non-hydrogen) atoms. The van der Waals surface area contributed by atoms with E-state index < -0.39 is 7.26 Å². The molecule has 0 aliphatic rings. The van der Waals surface area contributed by atoms with Crippen molar-refractivity contribution >= 4 is 7.26 Å². The minimum absolute atomic E-state index is 0.0938. The zero-order chi connectivity index (χ0) is 14.6. The Morgan fingerprint density at radius 1 is 0.895 bits per heavy atom. The molecule has 0 heterocycles. The summed E-state index contributed by atoms with van der Waals surface area (Å²) in [6, 6.07) is 11.0. The van der Waals surface area contributed by atoms with E-state index >= 15 is 0 Å². The first-order valence-corrected chi connectivity index (χ1v) is 10.2. The molecule has 0 aromatic heterocycles. The van der Waals surface area contributed by atoms with Crippen molar-refractivity contribution < 1.29 is 5.11 Å². The van der Waals surface area contributed by atoms with E-state index in [0.717, 1.165) is 12.8 Å². The molecule has 1 rings (SSSR count). The summed E-state index contributed by atoms with van der Waals surface area (Å²) in [5.74, 6) is 0. The summed E-state index contributed by atoms with van der Waals surface area (Å²) in [7, 11) is -0.661. The SMILES string of the molecule is CCCC[O-].CC[P+](CC)(CC)Cc1ccccc1. The number of benzene rings is 1. The first-order chi connectivity index (χ1) is 9.17. The van der Waals surface area contributed by atoms with Crippen LogP contribution in [0.1, 0.15) is 46.1 Å². The first kappa shape index (κ1) is 18.6. The van der Waals surface area contributed by atoms with Gasteiger partial charge in [-0.05, 0) is 26.3 Å². The van der Waals surface area contributed by atoms with Crippen molar-refractivity contribution in [1.29, 1.82) is 0 Å². The van der Waals surface area contributed by atoms with Gasteiger partial charge in [-0.15, -0.1) is 6.61 Å². The average molecular weight is 282 g/mol. The predicted octanol–water partition coefficient (Wildman–Crippen LogP) is 4.41. The van der Waals surface area contributed by atoms with E-state index in [4.69, 9.17) is 0 Å². The monoisotopic (exact) mass is 282 g/mol. The molecule has 0 bridgehead atoms. The van der Waals surface area contributed by atoms with E-state index in [0.29, 0.717) is 0 Å². The summed E-state index contributed by atoms with van der Waals surface area (Å²) < 4.78 is 0. The molecule has 0 aliphatic heterocycles. The van der Waals surface area contributed by atoms with Crippen LogP contribution in [0, 0.1) is 0 Å². The largest absolute Gasteiger partial charge is 0.854 e. The fourth-order valence-corrected chi connectivity index (χ4v) is 5.12. The van der Waals surface area contributed by atoms with Crippen LogP contribution in [0.4, 0.5) is 0 Å². The van der Waals surface area contributed by atoms with Crippen molar-refractivity contribution in [2.75, 3.05) is 25.1 Å². The van der Waals surface area contributed by atoms with Crippen molar-refractivity contribution in [3.63, 3.8) is 0 Å². The lowest BCUT2D eigenvalue weighted by Crippen LogP contribution is -2.05. The Morgan fingerprint density at radius 2 is 1.42 bits per heavy atom. The molecule has 0 aliphatic carbocycles. The highest BCUT2D eigenvalue weighted by atomic mass is 31.2. The fraction of sp³-hybridized carbons (Fsp3) is 0.647. The molecule has 1 aromatic carbocycles. The second kappa shape index (κ2) is 11.4. The number of rotatable bonds is 7. The Hall–Kier alpha value is -0.390. The first-order valence-electron chi connectivity index (χ1n) is 7.65. The van der Waals surface area contributed by atoms with Crippen LogP contribution in [0.5, 0.6) is 0 Å². The van der Waals surface area contributed by atoms with E-state index in [1.807, 2.05) is 6.92 Å². The highest BCUT2D eigenvalue weighted by molar-refractivity contribution is 7.75. The Kier molecular flexibility index (Phi) is 11.2. The highest BCUT2D eigenvalue weighted by Crippen LogP contribution is 2.60. The summed E-state index contributed by atoms with van der Waals surface area (Å²) in [5, 5.41) is 9.53. The summed E-state index contributed by atoms with van der Waals surface area (Å²) >= 11 is 0. The molecule has 0 amide bonds. The smallest absolute Gasteiger partial charge is 0.0842 e. The average Bonchev–Trinajstić information content (AvgIpc) is 2.47. The second-order valence-electron chi connectivity index (χ2n) is 4.99. The molecule has 1 aromatic rings. The maximum absolute atomic E-state index is 9.53. The van der Waals surface area contributed by atoms with Crippen molar-refractivity contribution in [1.82, 2.24) is 0 Å². The van der Waals surface area contributed by atoms with Gasteiger partial charge in [-0.1, -0.05) is 50.1 Å². The van der Waals surface area contributed by atoms with Crippen LogP contribution in [0.2, 0.25) is 0 Å². The predicted molar refractivity (Wildman–Crippen MR) is 88.5 cm³/mol. The molecule has 1 nitrogen and oxygen atoms in total. The van der Waals surface area contributed by atoms with Gasteiger partial charge in [0.2, 0.25) is 0 Å². The molecular formula is C17H31OP. The van der Waals surface area contributed by atoms with E-state index in [-0.39, 0.29) is 6.61 Å². The molecule has 2 heteroatoms. The van der Waals surface area contributed by atoms with E-state index in [9.17, 15) is 5.11 Å². The zero-order valence-corrected chi connectivity index (χ0v) is 14.1. The topological polar surface area (TPSA) is 23.1 Å². The summed E-state index contributed by atoms with van der Waals surface area (Å²) in [4.78, 5) is 0. The molecule has 0 unspecified atom stereocenters. The van der Waals surface area contributed by atoms with Gasteiger partial charge >= 0.3 is 0 Å². The molecule has 0 saturated carbocycles. The molecule has 0 spiro atoms. The second-order valence-corrected chi connectivity index (χ2v) is 9.89. The van der Waals surface area contributed by atoms with Gasteiger partial charge in [-0.2, -0.15) is 0 Å². The normalized spacial score (nSPS) is 10.8. The van der Waals surface area contributed by atoms with Gasteiger partial charge in [0.05, 0.1) is 24.6 Å². The maximum Gasteiger partial charge on any atom is 0.0842 e. The Balaban J connectivity index is 0.000000555. The van der Waals surface area contributed by atoms with Crippen LogP contribution in [-0.4, -0.2) is 25.1 Å². The van der Waals surface area contributed by atoms with E-state index in [2.05, 4.69) is 51.1 Å². The van der Waals surface area contributed by atoms with Gasteiger partial charge in [0, 0.05) is 7.26 Å². The third kappa shape index (κ3) is 7.70. The van der Waals surface area contributed by atoms with Crippen LogP contribution < -0.4 is 5.11 Å². The van der Waals surface area contributed by atoms with Crippen molar-refractivity contribution in [2.24, 2.45) is 0 Å². The van der Waals surface area contributed by atoms with Crippen LogP contribution in [-0.2, 0) is 6.16 Å². The quantitative estimate of drug-likeness (QED) is 0.679. The fourth-order valence-electron chi connectivity index (χ4n) is 2.12. The van der Waals surface area contributed by atoms with Gasteiger partial charge in [0.15, 0.2) is 0 Å². The summed E-state index contributed by atoms with van der Waals surface area (Å²) in [6.45, 7) is 9.20. The molecule has 0 saturated heterocycles. The molecule has 0 N–H and O–H groups in total. The molecule has 110 valence electrons. The molecule has 0 atom stereocenters. The number of hydrogen-bond donors (Lipinski definition) is 0. The van der Waals surface area contributed by atoms with Crippen LogP contribution in [0.25, 0.3) is 0 Å². The van der Waals surface area contributed by atoms with Gasteiger partial charge in [0.1, 0.15) is 0 Å². The van der Waals surface area contributed by atoms with Crippen molar-refractivity contribution in [3.05, 3.63) is 35.9 Å². The Labute approximate surface area is 120 Å². The van der Waals surface area contributed by atoms with E-state index in [1.165, 1.54) is 30.2 Å². The lowest BCUT2D eigenvalue weighted by Gasteiger charge is -2.23. The van der Waals surface area contributed by atoms with Gasteiger partial charge in [-0.3, -0.25) is 0 Å². The lowest BCUT2D eigenvalue weighted by atomic mass is 10.2. The minimum Gasteiger partial charge on any atom is -0.854 e. The molecule has 0 fully saturated rings.